The second kappa shape index (κ2) is 4.97. The molecule has 20 heavy (non-hydrogen) atoms. The molecular weight excluding hydrogens is 246 g/mol. The highest BCUT2D eigenvalue weighted by molar-refractivity contribution is 6.00. The Kier molecular flexibility index (Phi) is 3.28. The molecule has 3 nitrogen and oxygen atoms in total. The van der Waals surface area contributed by atoms with Gasteiger partial charge in [0.05, 0.1) is 0 Å². The molecule has 2 N–H and O–H groups in total. The Hall–Kier alpha value is -1.77. The predicted molar refractivity (Wildman–Crippen MR) is 86.0 cm³/mol. The summed E-state index contributed by atoms with van der Waals surface area (Å²) in [4.78, 5) is 6.71. The number of anilines is 2. The molecule has 1 aliphatic rings. The molecule has 0 saturated carbocycles. The Morgan fingerprint density at radius 1 is 1.10 bits per heavy atom. The van der Waals surface area contributed by atoms with Crippen molar-refractivity contribution in [2.24, 2.45) is 5.41 Å². The minimum Gasteiger partial charge on any atom is -0.398 e. The summed E-state index contributed by atoms with van der Waals surface area (Å²) in [5.41, 5.74) is 8.64. The number of pyridine rings is 1. The number of benzene rings is 1. The molecule has 3 rings (SSSR count). The number of nitrogens with zero attached hydrogens (tertiary/aromatic N) is 2. The molecule has 2 heterocycles. The van der Waals surface area contributed by atoms with Crippen LogP contribution in [0.2, 0.25) is 0 Å². The van der Waals surface area contributed by atoms with Crippen LogP contribution >= 0.6 is 0 Å². The molecule has 0 unspecified atom stereocenters. The van der Waals surface area contributed by atoms with Gasteiger partial charge in [-0.3, -0.25) is 4.98 Å². The average Bonchev–Trinajstić information content (AvgIpc) is 2.61. The van der Waals surface area contributed by atoms with Crippen LogP contribution in [-0.4, -0.2) is 18.1 Å². The van der Waals surface area contributed by atoms with Crippen LogP contribution in [0.3, 0.4) is 0 Å². The normalized spacial score (nSPS) is 19.0. The van der Waals surface area contributed by atoms with E-state index < -0.39 is 0 Å². The third-order valence-corrected chi connectivity index (χ3v) is 4.51. The van der Waals surface area contributed by atoms with Crippen LogP contribution in [0.25, 0.3) is 10.8 Å². The number of hydrogen-bond acceptors (Lipinski definition) is 3. The maximum absolute atomic E-state index is 6.07. The molecule has 2 aromatic rings. The SMILES string of the molecule is CC1(C)CCCN(c2ccc(N)c3cnccc23)CC1. The first-order chi connectivity index (χ1) is 9.57. The van der Waals surface area contributed by atoms with E-state index in [2.05, 4.69) is 35.9 Å². The van der Waals surface area contributed by atoms with Gasteiger partial charge in [0.2, 0.25) is 0 Å². The zero-order valence-corrected chi connectivity index (χ0v) is 12.4. The fourth-order valence-corrected chi connectivity index (χ4v) is 3.14. The molecule has 1 aromatic heterocycles. The summed E-state index contributed by atoms with van der Waals surface area (Å²) < 4.78 is 0. The Morgan fingerprint density at radius 2 is 1.95 bits per heavy atom. The van der Waals surface area contributed by atoms with Crippen LogP contribution in [0.1, 0.15) is 33.1 Å². The van der Waals surface area contributed by atoms with Gasteiger partial charge in [-0.15, -0.1) is 0 Å². The van der Waals surface area contributed by atoms with Crippen molar-refractivity contribution in [3.05, 3.63) is 30.6 Å². The molecule has 0 atom stereocenters. The van der Waals surface area contributed by atoms with Gasteiger partial charge in [-0.1, -0.05) is 13.8 Å². The number of nitrogen functional groups attached to an aromatic ring is 1. The molecule has 106 valence electrons. The number of hydrogen-bond donors (Lipinski definition) is 1. The van der Waals surface area contributed by atoms with Crippen LogP contribution in [0, 0.1) is 5.41 Å². The fraction of sp³-hybridized carbons (Fsp3) is 0.471. The standard InChI is InChI=1S/C17H23N3/c1-17(2)7-3-10-20(11-8-17)16-5-4-15(18)14-12-19-9-6-13(14)16/h4-6,9,12H,3,7-8,10-11,18H2,1-2H3. The second-order valence-electron chi connectivity index (χ2n) is 6.60. The minimum absolute atomic E-state index is 0.458. The molecule has 0 spiro atoms. The zero-order chi connectivity index (χ0) is 14.2. The van der Waals surface area contributed by atoms with Crippen molar-refractivity contribution in [3.63, 3.8) is 0 Å². The second-order valence-corrected chi connectivity index (χ2v) is 6.60. The van der Waals surface area contributed by atoms with Crippen molar-refractivity contribution in [3.8, 4) is 0 Å². The number of fused-ring (bicyclic) bond motifs is 1. The Bertz CT molecular complexity index is 619. The highest BCUT2D eigenvalue weighted by Crippen LogP contribution is 2.35. The van der Waals surface area contributed by atoms with Gasteiger partial charge < -0.3 is 10.6 Å². The third-order valence-electron chi connectivity index (χ3n) is 4.51. The Labute approximate surface area is 120 Å². The van der Waals surface area contributed by atoms with E-state index in [9.17, 15) is 0 Å². The first-order valence-corrected chi connectivity index (χ1v) is 7.44. The summed E-state index contributed by atoms with van der Waals surface area (Å²) in [5.74, 6) is 0. The summed E-state index contributed by atoms with van der Waals surface area (Å²) in [6, 6.07) is 6.25. The monoisotopic (exact) mass is 269 g/mol. The molecule has 1 aromatic carbocycles. The molecule has 0 radical (unpaired) electrons. The molecule has 0 amide bonds. The quantitative estimate of drug-likeness (QED) is 0.800. The Balaban J connectivity index is 2.00. The van der Waals surface area contributed by atoms with Crippen molar-refractivity contribution < 1.29 is 0 Å². The Morgan fingerprint density at radius 3 is 2.80 bits per heavy atom. The lowest BCUT2D eigenvalue weighted by molar-refractivity contribution is 0.325. The van der Waals surface area contributed by atoms with Gasteiger partial charge in [0.1, 0.15) is 0 Å². The number of aromatic nitrogens is 1. The summed E-state index contributed by atoms with van der Waals surface area (Å²) in [7, 11) is 0. The number of rotatable bonds is 1. The van der Waals surface area contributed by atoms with Crippen molar-refractivity contribution in [2.45, 2.75) is 33.1 Å². The van der Waals surface area contributed by atoms with Crippen molar-refractivity contribution in [1.82, 2.24) is 4.98 Å². The number of nitrogens with two attached hydrogens (primary N) is 1. The van der Waals surface area contributed by atoms with E-state index in [-0.39, 0.29) is 0 Å². The van der Waals surface area contributed by atoms with Gasteiger partial charge in [0, 0.05) is 47.6 Å². The molecular formula is C17H23N3. The first kappa shape index (κ1) is 13.2. The van der Waals surface area contributed by atoms with Crippen molar-refractivity contribution >= 4 is 22.1 Å². The van der Waals surface area contributed by atoms with Gasteiger partial charge in [-0.05, 0) is 42.9 Å². The molecule has 0 bridgehead atoms. The van der Waals surface area contributed by atoms with Gasteiger partial charge >= 0.3 is 0 Å². The van der Waals surface area contributed by atoms with E-state index in [1.807, 2.05) is 18.5 Å². The van der Waals surface area contributed by atoms with Crippen LogP contribution < -0.4 is 10.6 Å². The minimum atomic E-state index is 0.458. The summed E-state index contributed by atoms with van der Waals surface area (Å²) in [5, 5.41) is 2.29. The van der Waals surface area contributed by atoms with Gasteiger partial charge in [0.25, 0.3) is 0 Å². The van der Waals surface area contributed by atoms with E-state index in [1.165, 1.54) is 30.3 Å². The van der Waals surface area contributed by atoms with E-state index in [4.69, 9.17) is 5.73 Å². The molecule has 1 aliphatic heterocycles. The lowest BCUT2D eigenvalue weighted by Gasteiger charge is -2.26. The highest BCUT2D eigenvalue weighted by Gasteiger charge is 2.23. The highest BCUT2D eigenvalue weighted by atomic mass is 15.1. The smallest absolute Gasteiger partial charge is 0.0448 e. The van der Waals surface area contributed by atoms with Crippen molar-refractivity contribution in [2.75, 3.05) is 23.7 Å². The van der Waals surface area contributed by atoms with Crippen LogP contribution in [0.4, 0.5) is 11.4 Å². The molecule has 1 saturated heterocycles. The summed E-state index contributed by atoms with van der Waals surface area (Å²) in [6.07, 6.45) is 7.52. The summed E-state index contributed by atoms with van der Waals surface area (Å²) >= 11 is 0. The van der Waals surface area contributed by atoms with E-state index in [1.54, 1.807) is 0 Å². The largest absolute Gasteiger partial charge is 0.398 e. The average molecular weight is 269 g/mol. The lowest BCUT2D eigenvalue weighted by atomic mass is 9.85. The first-order valence-electron chi connectivity index (χ1n) is 7.44. The molecule has 0 aliphatic carbocycles. The van der Waals surface area contributed by atoms with E-state index in [0.29, 0.717) is 5.41 Å². The maximum atomic E-state index is 6.07. The third kappa shape index (κ3) is 2.45. The van der Waals surface area contributed by atoms with Gasteiger partial charge in [-0.25, -0.2) is 0 Å². The molecule has 3 heteroatoms. The van der Waals surface area contributed by atoms with Crippen LogP contribution in [0.15, 0.2) is 30.6 Å². The predicted octanol–water partition coefficient (Wildman–Crippen LogP) is 3.83. The van der Waals surface area contributed by atoms with Gasteiger partial charge in [0.15, 0.2) is 0 Å². The van der Waals surface area contributed by atoms with Crippen LogP contribution in [0.5, 0.6) is 0 Å². The topological polar surface area (TPSA) is 42.1 Å². The zero-order valence-electron chi connectivity index (χ0n) is 12.4. The lowest BCUT2D eigenvalue weighted by Crippen LogP contribution is -2.25. The fourth-order valence-electron chi connectivity index (χ4n) is 3.14. The maximum Gasteiger partial charge on any atom is 0.0448 e. The van der Waals surface area contributed by atoms with Crippen molar-refractivity contribution in [1.29, 1.82) is 0 Å². The summed E-state index contributed by atoms with van der Waals surface area (Å²) in [6.45, 7) is 7.00. The molecule has 1 fully saturated rings. The van der Waals surface area contributed by atoms with Crippen LogP contribution in [-0.2, 0) is 0 Å². The van der Waals surface area contributed by atoms with E-state index in [0.717, 1.165) is 24.2 Å². The van der Waals surface area contributed by atoms with Gasteiger partial charge in [-0.2, -0.15) is 0 Å². The van der Waals surface area contributed by atoms with E-state index >= 15 is 0 Å².